The molecule has 0 radical (unpaired) electrons. The fraction of sp³-hybridized carbons (Fsp3) is 0.333. The maximum absolute atomic E-state index is 9.36. The highest BCUT2D eigenvalue weighted by Crippen LogP contribution is 2.30. The van der Waals surface area contributed by atoms with E-state index in [0.717, 1.165) is 26.2 Å². The quantitative estimate of drug-likeness (QED) is 0.821. The zero-order chi connectivity index (χ0) is 11.0. The summed E-state index contributed by atoms with van der Waals surface area (Å²) in [7, 11) is 0. The number of benzene rings is 1. The molecule has 2 heterocycles. The zero-order valence-corrected chi connectivity index (χ0v) is 9.78. The second-order valence-electron chi connectivity index (χ2n) is 4.05. The van der Waals surface area contributed by atoms with Crippen molar-refractivity contribution < 1.29 is 5.21 Å². The molecule has 4 heteroatoms. The van der Waals surface area contributed by atoms with Crippen LogP contribution in [-0.2, 0) is 0 Å². The van der Waals surface area contributed by atoms with Crippen LogP contribution in [0.3, 0.4) is 0 Å². The van der Waals surface area contributed by atoms with Gasteiger partial charge in [0.25, 0.3) is 0 Å². The lowest BCUT2D eigenvalue weighted by molar-refractivity contribution is -0.0935. The van der Waals surface area contributed by atoms with Crippen molar-refractivity contribution in [2.45, 2.75) is 0 Å². The van der Waals surface area contributed by atoms with E-state index < -0.39 is 0 Å². The van der Waals surface area contributed by atoms with Crippen LogP contribution in [0.5, 0.6) is 0 Å². The predicted molar refractivity (Wildman–Crippen MR) is 67.4 cm³/mol. The van der Waals surface area contributed by atoms with E-state index >= 15 is 0 Å². The van der Waals surface area contributed by atoms with Gasteiger partial charge in [0.2, 0.25) is 0 Å². The van der Waals surface area contributed by atoms with Crippen molar-refractivity contribution in [1.29, 1.82) is 0 Å². The van der Waals surface area contributed by atoms with Crippen LogP contribution in [0, 0.1) is 0 Å². The van der Waals surface area contributed by atoms with E-state index in [4.69, 9.17) is 0 Å². The molecule has 3 rings (SSSR count). The van der Waals surface area contributed by atoms with Gasteiger partial charge in [-0.25, -0.2) is 0 Å². The van der Waals surface area contributed by atoms with Gasteiger partial charge in [0.05, 0.1) is 0 Å². The number of hydrogen-bond acceptors (Lipinski definition) is 4. The summed E-state index contributed by atoms with van der Waals surface area (Å²) in [5.74, 6) is 0. The van der Waals surface area contributed by atoms with E-state index in [2.05, 4.69) is 34.5 Å². The minimum atomic E-state index is 0.723. The molecule has 84 valence electrons. The molecule has 1 aliphatic heterocycles. The van der Waals surface area contributed by atoms with Crippen molar-refractivity contribution in [3.05, 3.63) is 29.6 Å². The average molecular weight is 234 g/mol. The molecule has 0 saturated carbocycles. The lowest BCUT2D eigenvalue weighted by Gasteiger charge is -2.33. The molecular formula is C12H14N2OS. The third-order valence-corrected chi connectivity index (χ3v) is 3.95. The third kappa shape index (κ3) is 1.69. The summed E-state index contributed by atoms with van der Waals surface area (Å²) in [4.78, 5) is 2.35. The summed E-state index contributed by atoms with van der Waals surface area (Å²) in [6.45, 7) is 3.23. The highest BCUT2D eigenvalue weighted by Gasteiger charge is 2.17. The molecule has 2 aromatic rings. The molecule has 0 amide bonds. The van der Waals surface area contributed by atoms with Gasteiger partial charge in [0, 0.05) is 42.0 Å². The molecule has 0 spiro atoms. The van der Waals surface area contributed by atoms with E-state index in [-0.39, 0.29) is 0 Å². The first-order valence-corrected chi connectivity index (χ1v) is 6.37. The number of hydrogen-bond donors (Lipinski definition) is 1. The number of nitrogens with zero attached hydrogens (tertiary/aromatic N) is 2. The van der Waals surface area contributed by atoms with E-state index in [0.29, 0.717) is 0 Å². The van der Waals surface area contributed by atoms with Gasteiger partial charge in [0.15, 0.2) is 0 Å². The Labute approximate surface area is 98.5 Å². The molecule has 1 saturated heterocycles. The highest BCUT2D eigenvalue weighted by atomic mass is 32.1. The monoisotopic (exact) mass is 234 g/mol. The van der Waals surface area contributed by atoms with Gasteiger partial charge in [-0.05, 0) is 23.6 Å². The van der Waals surface area contributed by atoms with Gasteiger partial charge in [-0.1, -0.05) is 6.07 Å². The largest absolute Gasteiger partial charge is 0.368 e. The molecule has 16 heavy (non-hydrogen) atoms. The van der Waals surface area contributed by atoms with Crippen molar-refractivity contribution >= 4 is 27.1 Å². The molecule has 0 aliphatic carbocycles. The van der Waals surface area contributed by atoms with E-state index in [9.17, 15) is 5.21 Å². The Balaban J connectivity index is 1.96. The topological polar surface area (TPSA) is 26.7 Å². The zero-order valence-electron chi connectivity index (χ0n) is 8.97. The minimum absolute atomic E-state index is 0.723. The van der Waals surface area contributed by atoms with Crippen LogP contribution >= 0.6 is 11.3 Å². The number of fused-ring (bicyclic) bond motifs is 1. The van der Waals surface area contributed by atoms with Crippen LogP contribution in [0.2, 0.25) is 0 Å². The smallest absolute Gasteiger partial charge is 0.0455 e. The molecule has 1 N–H and O–H groups in total. The number of anilines is 1. The summed E-state index contributed by atoms with van der Waals surface area (Å²) in [6, 6.07) is 8.62. The number of piperazine rings is 1. The first kappa shape index (κ1) is 10.1. The van der Waals surface area contributed by atoms with Crippen molar-refractivity contribution in [3.63, 3.8) is 0 Å². The van der Waals surface area contributed by atoms with Crippen molar-refractivity contribution in [1.82, 2.24) is 5.06 Å². The van der Waals surface area contributed by atoms with E-state index in [1.54, 1.807) is 11.3 Å². The molecule has 3 nitrogen and oxygen atoms in total. The Morgan fingerprint density at radius 1 is 1.06 bits per heavy atom. The molecule has 1 aliphatic rings. The molecule has 1 fully saturated rings. The second-order valence-corrected chi connectivity index (χ2v) is 5.00. The average Bonchev–Trinajstić information content (AvgIpc) is 2.78. The first-order chi connectivity index (χ1) is 7.84. The summed E-state index contributed by atoms with van der Waals surface area (Å²) >= 11 is 1.78. The molecule has 1 aromatic heterocycles. The van der Waals surface area contributed by atoms with Crippen LogP contribution in [0.1, 0.15) is 0 Å². The SMILES string of the molecule is ON1CCN(c2cccc3sccc23)CC1. The number of hydroxylamine groups is 2. The number of rotatable bonds is 1. The third-order valence-electron chi connectivity index (χ3n) is 3.07. The normalized spacial score (nSPS) is 18.2. The molecule has 0 bridgehead atoms. The number of thiophene rings is 1. The Morgan fingerprint density at radius 3 is 2.69 bits per heavy atom. The first-order valence-electron chi connectivity index (χ1n) is 5.49. The Kier molecular flexibility index (Phi) is 2.55. The van der Waals surface area contributed by atoms with Crippen LogP contribution < -0.4 is 4.90 Å². The van der Waals surface area contributed by atoms with Gasteiger partial charge in [-0.2, -0.15) is 5.06 Å². The van der Waals surface area contributed by atoms with Crippen molar-refractivity contribution in [2.24, 2.45) is 0 Å². The van der Waals surface area contributed by atoms with E-state index in [1.165, 1.54) is 20.8 Å². The van der Waals surface area contributed by atoms with Crippen LogP contribution in [-0.4, -0.2) is 36.4 Å². The minimum Gasteiger partial charge on any atom is -0.368 e. The van der Waals surface area contributed by atoms with Gasteiger partial charge >= 0.3 is 0 Å². The van der Waals surface area contributed by atoms with Gasteiger partial charge in [0.1, 0.15) is 0 Å². The van der Waals surface area contributed by atoms with Gasteiger partial charge in [-0.3, -0.25) is 0 Å². The standard InChI is InChI=1S/C12H14N2OS/c15-14-7-5-13(6-8-14)11-2-1-3-12-10(11)4-9-16-12/h1-4,9,15H,5-8H2. The van der Waals surface area contributed by atoms with Crippen LogP contribution in [0.15, 0.2) is 29.6 Å². The summed E-state index contributed by atoms with van der Waals surface area (Å²) in [6.07, 6.45) is 0. The van der Waals surface area contributed by atoms with Gasteiger partial charge < -0.3 is 10.1 Å². The van der Waals surface area contributed by atoms with Crippen molar-refractivity contribution in [2.75, 3.05) is 31.1 Å². The Hall–Kier alpha value is -1.10. The maximum atomic E-state index is 9.36. The van der Waals surface area contributed by atoms with Crippen LogP contribution in [0.4, 0.5) is 5.69 Å². The summed E-state index contributed by atoms with van der Waals surface area (Å²) < 4.78 is 1.34. The van der Waals surface area contributed by atoms with Crippen molar-refractivity contribution in [3.8, 4) is 0 Å². The fourth-order valence-electron chi connectivity index (χ4n) is 2.19. The van der Waals surface area contributed by atoms with Gasteiger partial charge in [-0.15, -0.1) is 11.3 Å². The summed E-state index contributed by atoms with van der Waals surface area (Å²) in [5, 5.41) is 14.2. The lowest BCUT2D eigenvalue weighted by Crippen LogP contribution is -2.44. The molecule has 0 unspecified atom stereocenters. The maximum Gasteiger partial charge on any atom is 0.0455 e. The Morgan fingerprint density at radius 2 is 1.88 bits per heavy atom. The molecule has 0 atom stereocenters. The molecule has 1 aromatic carbocycles. The van der Waals surface area contributed by atoms with E-state index in [1.807, 2.05) is 0 Å². The summed E-state index contributed by atoms with van der Waals surface area (Å²) in [5.41, 5.74) is 1.30. The Bertz CT molecular complexity index is 488. The lowest BCUT2D eigenvalue weighted by atomic mass is 10.2. The van der Waals surface area contributed by atoms with Crippen LogP contribution in [0.25, 0.3) is 10.1 Å². The highest BCUT2D eigenvalue weighted by molar-refractivity contribution is 7.17. The predicted octanol–water partition coefficient (Wildman–Crippen LogP) is 2.41. The second kappa shape index (κ2) is 4.05. The fourth-order valence-corrected chi connectivity index (χ4v) is 3.00. The molecular weight excluding hydrogens is 220 g/mol.